The summed E-state index contributed by atoms with van der Waals surface area (Å²) < 4.78 is 41.5. The van der Waals surface area contributed by atoms with Crippen LogP contribution in [0.3, 0.4) is 0 Å². The van der Waals surface area contributed by atoms with Gasteiger partial charge in [-0.15, -0.1) is 16.5 Å². The summed E-state index contributed by atoms with van der Waals surface area (Å²) in [6.45, 7) is 1.92. The largest absolute Gasteiger partial charge is 0.435 e. The minimum Gasteiger partial charge on any atom is -0.413 e. The van der Waals surface area contributed by atoms with Gasteiger partial charge in [-0.25, -0.2) is 9.97 Å². The summed E-state index contributed by atoms with van der Waals surface area (Å²) in [6, 6.07) is 2.37. The Hall–Kier alpha value is -2.40. The normalized spacial score (nSPS) is 12.0. The fourth-order valence-electron chi connectivity index (χ4n) is 2.77. The summed E-state index contributed by atoms with van der Waals surface area (Å²) in [6.07, 6.45) is -4.80. The summed E-state index contributed by atoms with van der Waals surface area (Å²) in [5.41, 5.74) is 3.68. The topological polar surface area (TPSA) is 88.0 Å². The van der Waals surface area contributed by atoms with Crippen LogP contribution in [-0.4, -0.2) is 32.1 Å². The fraction of sp³-hybridized carbons (Fsp3) is 0.312. The van der Waals surface area contributed by atoms with Crippen molar-refractivity contribution >= 4 is 40.2 Å². The molecule has 0 saturated heterocycles. The first-order valence-electron chi connectivity index (χ1n) is 7.93. The van der Waals surface area contributed by atoms with E-state index in [-0.39, 0.29) is 32.4 Å². The van der Waals surface area contributed by atoms with Crippen molar-refractivity contribution in [1.82, 2.24) is 19.3 Å². The van der Waals surface area contributed by atoms with Gasteiger partial charge in [-0.3, -0.25) is 4.79 Å². The number of halogens is 4. The van der Waals surface area contributed by atoms with Gasteiger partial charge in [0.25, 0.3) is 0 Å². The van der Waals surface area contributed by atoms with Crippen LogP contribution in [0.25, 0.3) is 22.6 Å². The molecule has 2 N–H and O–H groups in total. The number of thioether (sulfide) groups is 1. The van der Waals surface area contributed by atoms with Gasteiger partial charge in [0, 0.05) is 11.9 Å². The molecule has 28 heavy (non-hydrogen) atoms. The Bertz CT molecular complexity index is 1130. The zero-order valence-electron chi connectivity index (χ0n) is 15.0. The number of rotatable bonds is 4. The predicted molar refractivity (Wildman–Crippen MR) is 102 cm³/mol. The van der Waals surface area contributed by atoms with E-state index in [1.54, 1.807) is 6.07 Å². The lowest BCUT2D eigenvalue weighted by Crippen LogP contribution is -2.32. The Balaban J connectivity index is 2.37. The zero-order valence-corrected chi connectivity index (χ0v) is 16.5. The molecular weight excluding hydrogens is 419 g/mol. The highest BCUT2D eigenvalue weighted by Crippen LogP contribution is 2.35. The third-order valence-corrected chi connectivity index (χ3v) is 5.17. The lowest BCUT2D eigenvalue weighted by Gasteiger charge is -2.13. The van der Waals surface area contributed by atoms with E-state index in [1.807, 2.05) is 6.92 Å². The van der Waals surface area contributed by atoms with Crippen LogP contribution in [0.15, 0.2) is 21.8 Å². The number of alkyl halides is 3. The van der Waals surface area contributed by atoms with Gasteiger partial charge in [0.05, 0.1) is 10.5 Å². The Kier molecular flexibility index (Phi) is 5.24. The number of nitrogens with two attached hydrogens (primary N) is 1. The number of fused-ring (bicyclic) bond motifs is 1. The second-order valence-corrected chi connectivity index (χ2v) is 7.39. The van der Waals surface area contributed by atoms with E-state index in [2.05, 4.69) is 14.8 Å². The molecule has 150 valence electrons. The van der Waals surface area contributed by atoms with Crippen LogP contribution in [-0.2, 0) is 13.2 Å². The summed E-state index contributed by atoms with van der Waals surface area (Å²) in [5.74, 6) is 0.927. The monoisotopic (exact) mass is 433 g/mol. The van der Waals surface area contributed by atoms with Crippen LogP contribution in [0.2, 0.25) is 5.02 Å². The molecule has 0 saturated carbocycles. The third kappa shape index (κ3) is 3.28. The van der Waals surface area contributed by atoms with Crippen molar-refractivity contribution in [3.63, 3.8) is 0 Å². The molecule has 0 spiro atoms. The molecule has 3 aromatic rings. The highest BCUT2D eigenvalue weighted by Gasteiger charge is 2.37. The highest BCUT2D eigenvalue weighted by molar-refractivity contribution is 7.99. The molecule has 3 aromatic heterocycles. The summed E-state index contributed by atoms with van der Waals surface area (Å²) in [4.78, 5) is 26.4. The maximum atomic E-state index is 13.3. The third-order valence-electron chi connectivity index (χ3n) is 3.95. The van der Waals surface area contributed by atoms with Crippen molar-refractivity contribution in [3.8, 4) is 11.5 Å². The number of aryl methyl sites for hydroxylation is 1. The molecule has 0 aliphatic rings. The van der Waals surface area contributed by atoms with Gasteiger partial charge in [0.15, 0.2) is 11.5 Å². The SMILES string of the molecule is CCSc1cc(Cl)c(N)nc1-c1nc2cc(C(F)(F)F)n(OC)c(=O)c2n1C. The zero-order chi connectivity index (χ0) is 20.8. The first-order chi connectivity index (χ1) is 13.1. The van der Waals surface area contributed by atoms with Gasteiger partial charge in [0.2, 0.25) is 0 Å². The number of hydrogen-bond donors (Lipinski definition) is 1. The highest BCUT2D eigenvalue weighted by atomic mass is 35.5. The van der Waals surface area contributed by atoms with Crippen molar-refractivity contribution < 1.29 is 18.0 Å². The van der Waals surface area contributed by atoms with E-state index < -0.39 is 17.4 Å². The number of imidazole rings is 1. The van der Waals surface area contributed by atoms with Gasteiger partial charge in [-0.05, 0) is 17.9 Å². The van der Waals surface area contributed by atoms with Gasteiger partial charge in [0.1, 0.15) is 24.1 Å². The van der Waals surface area contributed by atoms with Gasteiger partial charge >= 0.3 is 11.7 Å². The van der Waals surface area contributed by atoms with E-state index in [0.717, 1.165) is 13.2 Å². The molecule has 0 atom stereocenters. The second kappa shape index (κ2) is 7.21. The molecule has 0 amide bonds. The number of pyridine rings is 2. The van der Waals surface area contributed by atoms with Crippen LogP contribution in [0.1, 0.15) is 12.6 Å². The smallest absolute Gasteiger partial charge is 0.413 e. The molecular formula is C16H15ClF3N5O2S. The molecule has 7 nitrogen and oxygen atoms in total. The number of nitrogens with zero attached hydrogens (tertiary/aromatic N) is 4. The van der Waals surface area contributed by atoms with E-state index in [4.69, 9.17) is 17.3 Å². The van der Waals surface area contributed by atoms with Gasteiger partial charge in [-0.1, -0.05) is 18.5 Å². The minimum atomic E-state index is -4.80. The predicted octanol–water partition coefficient (Wildman–Crippen LogP) is 3.22. The standard InChI is InChI=1S/C16H15ClF3N5O2S/c1-4-28-9-5-7(17)13(21)23-11(9)14-22-8-6-10(16(18,19)20)25(27-3)15(26)12(8)24(14)2/h5-6H,4H2,1-3H3,(H2,21,23). The lowest BCUT2D eigenvalue weighted by molar-refractivity contribution is -0.151. The maximum Gasteiger partial charge on any atom is 0.435 e. The Morgan fingerprint density at radius 1 is 1.32 bits per heavy atom. The van der Waals surface area contributed by atoms with Crippen LogP contribution in [0.4, 0.5) is 19.0 Å². The molecule has 0 aromatic carbocycles. The van der Waals surface area contributed by atoms with E-state index in [9.17, 15) is 18.0 Å². The Labute approximate surface area is 166 Å². The maximum absolute atomic E-state index is 13.3. The van der Waals surface area contributed by atoms with Gasteiger partial charge in [-0.2, -0.15) is 13.2 Å². The average molecular weight is 434 g/mol. The molecule has 0 fully saturated rings. The van der Waals surface area contributed by atoms with E-state index in [1.165, 1.54) is 23.4 Å². The lowest BCUT2D eigenvalue weighted by atomic mass is 10.3. The first-order valence-corrected chi connectivity index (χ1v) is 9.29. The summed E-state index contributed by atoms with van der Waals surface area (Å²) in [5, 5.41) is 0.250. The second-order valence-electron chi connectivity index (χ2n) is 5.67. The summed E-state index contributed by atoms with van der Waals surface area (Å²) in [7, 11) is 2.49. The number of hydrogen-bond acceptors (Lipinski definition) is 6. The number of nitrogen functional groups attached to an aromatic ring is 1. The molecule has 0 bridgehead atoms. The molecule has 3 rings (SSSR count). The molecule has 0 aliphatic heterocycles. The van der Waals surface area contributed by atoms with Crippen molar-refractivity contribution in [3.05, 3.63) is 33.2 Å². The van der Waals surface area contributed by atoms with Crippen molar-refractivity contribution in [1.29, 1.82) is 0 Å². The van der Waals surface area contributed by atoms with Gasteiger partial charge < -0.3 is 15.1 Å². The van der Waals surface area contributed by atoms with Crippen molar-refractivity contribution in [2.24, 2.45) is 7.05 Å². The molecule has 0 radical (unpaired) electrons. The van der Waals surface area contributed by atoms with Crippen LogP contribution in [0.5, 0.6) is 0 Å². The van der Waals surface area contributed by atoms with Crippen LogP contribution in [0, 0.1) is 0 Å². The summed E-state index contributed by atoms with van der Waals surface area (Å²) >= 11 is 7.45. The van der Waals surface area contributed by atoms with Crippen molar-refractivity contribution in [2.75, 3.05) is 18.6 Å². The molecule has 3 heterocycles. The first kappa shape index (κ1) is 20.3. The van der Waals surface area contributed by atoms with Crippen LogP contribution >= 0.6 is 23.4 Å². The fourth-order valence-corrected chi connectivity index (χ4v) is 3.77. The van der Waals surface area contributed by atoms with E-state index >= 15 is 0 Å². The Morgan fingerprint density at radius 2 is 2.00 bits per heavy atom. The Morgan fingerprint density at radius 3 is 2.57 bits per heavy atom. The quantitative estimate of drug-likeness (QED) is 0.635. The number of aromatic nitrogens is 4. The molecule has 12 heteroatoms. The molecule has 0 aliphatic carbocycles. The van der Waals surface area contributed by atoms with Crippen LogP contribution < -0.4 is 16.1 Å². The van der Waals surface area contributed by atoms with Crippen molar-refractivity contribution in [2.45, 2.75) is 18.0 Å². The van der Waals surface area contributed by atoms with E-state index in [0.29, 0.717) is 16.3 Å². The average Bonchev–Trinajstić information content (AvgIpc) is 2.94. The number of anilines is 1. The molecule has 0 unspecified atom stereocenters. The minimum absolute atomic E-state index is 0.0504.